The molecular weight excluding hydrogens is 433 g/mol. The minimum atomic E-state index is -4.09. The van der Waals surface area contributed by atoms with E-state index in [1.807, 2.05) is 0 Å². The molecule has 0 amide bonds. The summed E-state index contributed by atoms with van der Waals surface area (Å²) in [5.74, 6) is -10.4. The van der Waals surface area contributed by atoms with Gasteiger partial charge in [-0.05, 0) is 42.8 Å². The van der Waals surface area contributed by atoms with Crippen LogP contribution >= 0.6 is 0 Å². The lowest BCUT2D eigenvalue weighted by molar-refractivity contribution is -0.185. The number of halogens is 7. The number of esters is 1. The molecule has 0 aliphatic rings. The number of hydrogen-bond acceptors (Lipinski definition) is 3. The molecule has 0 saturated carbocycles. The second-order valence-electron chi connectivity index (χ2n) is 6.29. The van der Waals surface area contributed by atoms with Gasteiger partial charge in [-0.25, -0.2) is 26.7 Å². The maximum Gasteiger partial charge on any atom is 0.426 e. The Balaban J connectivity index is 1.76. The van der Waals surface area contributed by atoms with E-state index in [9.17, 15) is 35.5 Å². The van der Waals surface area contributed by atoms with Crippen LogP contribution in [0.15, 0.2) is 48.5 Å². The number of carbonyl (C=O) groups excluding carboxylic acids is 1. The van der Waals surface area contributed by atoms with Crippen LogP contribution in [-0.4, -0.2) is 5.97 Å². The highest BCUT2D eigenvalue weighted by Crippen LogP contribution is 2.33. The van der Waals surface area contributed by atoms with E-state index in [4.69, 9.17) is 4.74 Å². The lowest BCUT2D eigenvalue weighted by Crippen LogP contribution is -2.22. The van der Waals surface area contributed by atoms with Crippen LogP contribution in [-0.2, 0) is 6.11 Å². The second kappa shape index (κ2) is 8.29. The van der Waals surface area contributed by atoms with Crippen LogP contribution in [0.3, 0.4) is 0 Å². The summed E-state index contributed by atoms with van der Waals surface area (Å²) in [7, 11) is 0. The van der Waals surface area contributed by atoms with Crippen molar-refractivity contribution in [2.75, 3.05) is 0 Å². The Morgan fingerprint density at radius 3 is 1.94 bits per heavy atom. The van der Waals surface area contributed by atoms with Gasteiger partial charge in [-0.3, -0.25) is 0 Å². The summed E-state index contributed by atoms with van der Waals surface area (Å²) in [6.07, 6.45) is -4.09. The molecule has 162 valence electrons. The van der Waals surface area contributed by atoms with E-state index in [0.717, 1.165) is 36.4 Å². The minimum Gasteiger partial charge on any atom is -0.429 e. The van der Waals surface area contributed by atoms with Crippen LogP contribution < -0.4 is 9.47 Å². The van der Waals surface area contributed by atoms with Crippen LogP contribution in [0.4, 0.5) is 30.7 Å². The standard InChI is InChI=1S/C21H11F7O3/c1-10-2-7-14(18(25)17(10)24)20(29)30-12-5-3-11(4-6-12)21(27,28)31-13-8-15(22)19(26)16(23)9-13/h2-9H,1H3. The van der Waals surface area contributed by atoms with Crippen LogP contribution in [0.25, 0.3) is 0 Å². The Hall–Kier alpha value is -3.56. The van der Waals surface area contributed by atoms with Crippen molar-refractivity contribution < 1.29 is 45.0 Å². The van der Waals surface area contributed by atoms with Gasteiger partial charge in [0.1, 0.15) is 11.5 Å². The fraction of sp³-hybridized carbons (Fsp3) is 0.0952. The van der Waals surface area contributed by atoms with Gasteiger partial charge in [0, 0.05) is 12.1 Å². The van der Waals surface area contributed by atoms with Crippen molar-refractivity contribution in [3.05, 3.63) is 94.3 Å². The largest absolute Gasteiger partial charge is 0.429 e. The molecule has 0 unspecified atom stereocenters. The monoisotopic (exact) mass is 444 g/mol. The van der Waals surface area contributed by atoms with Crippen molar-refractivity contribution >= 4 is 5.97 Å². The van der Waals surface area contributed by atoms with E-state index in [1.54, 1.807) is 0 Å². The van der Waals surface area contributed by atoms with Crippen molar-refractivity contribution in [2.24, 2.45) is 0 Å². The second-order valence-corrected chi connectivity index (χ2v) is 6.29. The quantitative estimate of drug-likeness (QED) is 0.208. The first kappa shape index (κ1) is 22.1. The van der Waals surface area contributed by atoms with Gasteiger partial charge in [0.15, 0.2) is 29.1 Å². The zero-order valence-electron chi connectivity index (χ0n) is 15.5. The van der Waals surface area contributed by atoms with Crippen molar-refractivity contribution in [3.63, 3.8) is 0 Å². The van der Waals surface area contributed by atoms with Gasteiger partial charge in [-0.2, -0.15) is 8.78 Å². The van der Waals surface area contributed by atoms with Crippen molar-refractivity contribution in [1.29, 1.82) is 0 Å². The minimum absolute atomic E-state index is 0.0263. The van der Waals surface area contributed by atoms with Gasteiger partial charge in [-0.1, -0.05) is 6.07 Å². The van der Waals surface area contributed by atoms with Gasteiger partial charge < -0.3 is 9.47 Å². The maximum absolute atomic E-state index is 14.2. The molecule has 3 nitrogen and oxygen atoms in total. The fourth-order valence-corrected chi connectivity index (χ4v) is 2.48. The van der Waals surface area contributed by atoms with Gasteiger partial charge in [0.25, 0.3) is 0 Å². The van der Waals surface area contributed by atoms with Crippen molar-refractivity contribution in [3.8, 4) is 11.5 Å². The molecule has 0 N–H and O–H groups in total. The zero-order chi connectivity index (χ0) is 22.9. The number of ether oxygens (including phenoxy) is 2. The molecular formula is C21H11F7O3. The van der Waals surface area contributed by atoms with Crippen molar-refractivity contribution in [1.82, 2.24) is 0 Å². The number of carbonyl (C=O) groups is 1. The molecule has 0 aliphatic heterocycles. The van der Waals surface area contributed by atoms with Crippen LogP contribution in [0.5, 0.6) is 11.5 Å². The molecule has 0 radical (unpaired) electrons. The Morgan fingerprint density at radius 1 is 0.774 bits per heavy atom. The van der Waals surface area contributed by atoms with Gasteiger partial charge in [0.05, 0.1) is 11.1 Å². The Morgan fingerprint density at radius 2 is 1.35 bits per heavy atom. The molecule has 0 aromatic heterocycles. The van der Waals surface area contributed by atoms with Gasteiger partial charge >= 0.3 is 12.1 Å². The number of hydrogen-bond donors (Lipinski definition) is 0. The average Bonchev–Trinajstić information content (AvgIpc) is 2.70. The van der Waals surface area contributed by atoms with Crippen LogP contribution in [0, 0.1) is 36.0 Å². The van der Waals surface area contributed by atoms with Crippen LogP contribution in [0.1, 0.15) is 21.5 Å². The first-order valence-corrected chi connectivity index (χ1v) is 8.48. The molecule has 10 heteroatoms. The summed E-state index contributed by atoms with van der Waals surface area (Å²) < 4.78 is 104. The van der Waals surface area contributed by atoms with E-state index in [2.05, 4.69) is 4.74 Å². The summed E-state index contributed by atoms with van der Waals surface area (Å²) in [6.45, 7) is 1.29. The van der Waals surface area contributed by atoms with Gasteiger partial charge in [-0.15, -0.1) is 0 Å². The Labute approximate surface area is 170 Å². The molecule has 0 fully saturated rings. The van der Waals surface area contributed by atoms with E-state index in [0.29, 0.717) is 0 Å². The summed E-state index contributed by atoms with van der Waals surface area (Å²) in [5, 5.41) is 0. The molecule has 3 aromatic rings. The molecule has 3 aromatic carbocycles. The molecule has 31 heavy (non-hydrogen) atoms. The lowest BCUT2D eigenvalue weighted by atomic mass is 10.1. The molecule has 0 atom stereocenters. The normalized spacial score (nSPS) is 11.4. The molecule has 0 bridgehead atoms. The first-order valence-electron chi connectivity index (χ1n) is 8.48. The highest BCUT2D eigenvalue weighted by molar-refractivity contribution is 5.91. The SMILES string of the molecule is Cc1ccc(C(=O)Oc2ccc(C(F)(F)Oc3cc(F)c(F)c(F)c3)cc2)c(F)c1F. The van der Waals surface area contributed by atoms with Crippen molar-refractivity contribution in [2.45, 2.75) is 13.0 Å². The third kappa shape index (κ3) is 4.62. The van der Waals surface area contributed by atoms with E-state index >= 15 is 0 Å². The third-order valence-electron chi connectivity index (χ3n) is 4.10. The Kier molecular flexibility index (Phi) is 5.92. The highest BCUT2D eigenvalue weighted by atomic mass is 19.3. The zero-order valence-corrected chi connectivity index (χ0v) is 15.5. The first-order chi connectivity index (χ1) is 14.5. The van der Waals surface area contributed by atoms with E-state index in [-0.39, 0.29) is 23.4 Å². The lowest BCUT2D eigenvalue weighted by Gasteiger charge is -2.18. The average molecular weight is 444 g/mol. The predicted molar refractivity (Wildman–Crippen MR) is 93.3 cm³/mol. The van der Waals surface area contributed by atoms with E-state index in [1.165, 1.54) is 6.92 Å². The number of alkyl halides is 2. The maximum atomic E-state index is 14.2. The number of benzene rings is 3. The molecule has 0 aliphatic carbocycles. The summed E-state index contributed by atoms with van der Waals surface area (Å²) in [4.78, 5) is 12.0. The molecule has 0 spiro atoms. The topological polar surface area (TPSA) is 35.5 Å². The number of aryl methyl sites for hydroxylation is 1. The highest BCUT2D eigenvalue weighted by Gasteiger charge is 2.35. The summed E-state index contributed by atoms with van der Waals surface area (Å²) in [6, 6.07) is 6.04. The molecule has 3 rings (SSSR count). The summed E-state index contributed by atoms with van der Waals surface area (Å²) >= 11 is 0. The van der Waals surface area contributed by atoms with E-state index < -0.39 is 58.0 Å². The molecule has 0 saturated heterocycles. The fourth-order valence-electron chi connectivity index (χ4n) is 2.48. The smallest absolute Gasteiger partial charge is 0.426 e. The van der Waals surface area contributed by atoms with Gasteiger partial charge in [0.2, 0.25) is 0 Å². The summed E-state index contributed by atoms with van der Waals surface area (Å²) in [5.41, 5.74) is -1.52. The van der Waals surface area contributed by atoms with Crippen LogP contribution in [0.2, 0.25) is 0 Å². The number of rotatable bonds is 5. The molecule has 0 heterocycles. The third-order valence-corrected chi connectivity index (χ3v) is 4.10. The predicted octanol–water partition coefficient (Wildman–Crippen LogP) is 6.04. The Bertz CT molecular complexity index is 1120.